The lowest BCUT2D eigenvalue weighted by Crippen LogP contribution is -2.26. The molecule has 1 atom stereocenters. The third-order valence-electron chi connectivity index (χ3n) is 2.96. The van der Waals surface area contributed by atoms with E-state index in [1.165, 1.54) is 22.8 Å². The molecule has 1 aromatic heterocycles. The molecule has 1 heterocycles. The lowest BCUT2D eigenvalue weighted by molar-refractivity contribution is -0.384. The number of aryl methyl sites for hydroxylation is 1. The van der Waals surface area contributed by atoms with Crippen molar-refractivity contribution in [2.24, 2.45) is 7.05 Å². The van der Waals surface area contributed by atoms with Gasteiger partial charge in [-0.05, 0) is 13.0 Å². The fourth-order valence-corrected chi connectivity index (χ4v) is 1.84. The molecule has 0 bridgehead atoms. The van der Waals surface area contributed by atoms with Gasteiger partial charge < -0.3 is 10.4 Å². The van der Waals surface area contributed by atoms with E-state index >= 15 is 0 Å². The van der Waals surface area contributed by atoms with Crippen LogP contribution in [0.2, 0.25) is 0 Å². The highest BCUT2D eigenvalue weighted by molar-refractivity contribution is 5.91. The number of nitro groups is 1. The Morgan fingerprint density at radius 1 is 1.55 bits per heavy atom. The molecule has 8 nitrogen and oxygen atoms in total. The van der Waals surface area contributed by atoms with E-state index in [2.05, 4.69) is 10.3 Å². The van der Waals surface area contributed by atoms with Crippen LogP contribution in [0.15, 0.2) is 23.0 Å². The van der Waals surface area contributed by atoms with Gasteiger partial charge in [0.05, 0.1) is 17.0 Å². The number of hydrogen-bond acceptors (Lipinski definition) is 6. The van der Waals surface area contributed by atoms with Crippen LogP contribution >= 0.6 is 0 Å². The predicted molar refractivity (Wildman–Crippen MR) is 73.8 cm³/mol. The molecule has 20 heavy (non-hydrogen) atoms. The standard InChI is InChI=1S/C12H14N4O4/c1-7(6-17)13-11-9-5-8(16(19)20)3-4-10(9)15(2)12(18)14-11/h3-5,7,17H,6H2,1-2H3,(H,13,14,18). The van der Waals surface area contributed by atoms with Gasteiger partial charge in [0.15, 0.2) is 0 Å². The van der Waals surface area contributed by atoms with E-state index in [0.29, 0.717) is 10.9 Å². The first-order chi connectivity index (χ1) is 9.43. The van der Waals surface area contributed by atoms with Crippen molar-refractivity contribution in [1.29, 1.82) is 0 Å². The molecule has 2 rings (SSSR count). The van der Waals surface area contributed by atoms with Gasteiger partial charge in [0.2, 0.25) is 0 Å². The molecule has 0 saturated carbocycles. The number of nitrogens with zero attached hydrogens (tertiary/aromatic N) is 3. The normalized spacial score (nSPS) is 12.3. The Labute approximate surface area is 113 Å². The van der Waals surface area contributed by atoms with Crippen LogP contribution in [-0.4, -0.2) is 32.2 Å². The summed E-state index contributed by atoms with van der Waals surface area (Å²) in [6, 6.07) is 3.87. The molecule has 0 aliphatic carbocycles. The number of rotatable bonds is 4. The molecule has 2 N–H and O–H groups in total. The monoisotopic (exact) mass is 278 g/mol. The number of non-ortho nitro benzene ring substituents is 1. The number of nitrogens with one attached hydrogen (secondary N) is 1. The maximum atomic E-state index is 11.8. The first-order valence-corrected chi connectivity index (χ1v) is 5.96. The molecule has 0 spiro atoms. The van der Waals surface area contributed by atoms with Crippen LogP contribution in [0.3, 0.4) is 0 Å². The highest BCUT2D eigenvalue weighted by Gasteiger charge is 2.14. The van der Waals surface area contributed by atoms with Crippen molar-refractivity contribution in [1.82, 2.24) is 9.55 Å². The summed E-state index contributed by atoms with van der Waals surface area (Å²) in [5, 5.41) is 23.2. The summed E-state index contributed by atoms with van der Waals surface area (Å²) in [4.78, 5) is 25.9. The van der Waals surface area contributed by atoms with Gasteiger partial charge in [0.25, 0.3) is 5.69 Å². The average molecular weight is 278 g/mol. The van der Waals surface area contributed by atoms with Gasteiger partial charge in [-0.1, -0.05) is 0 Å². The third kappa shape index (κ3) is 2.45. The molecule has 0 amide bonds. The second kappa shape index (κ2) is 5.25. The minimum absolute atomic E-state index is 0.0855. The molecule has 0 aliphatic heterocycles. The van der Waals surface area contributed by atoms with Crippen molar-refractivity contribution in [2.45, 2.75) is 13.0 Å². The summed E-state index contributed by atoms with van der Waals surface area (Å²) < 4.78 is 1.31. The molecule has 2 aromatic rings. The minimum atomic E-state index is -0.510. The van der Waals surface area contributed by atoms with Crippen LogP contribution < -0.4 is 11.0 Å². The second-order valence-corrected chi connectivity index (χ2v) is 4.49. The van der Waals surface area contributed by atoms with Gasteiger partial charge in [-0.25, -0.2) is 4.79 Å². The van der Waals surface area contributed by atoms with E-state index in [9.17, 15) is 14.9 Å². The summed E-state index contributed by atoms with van der Waals surface area (Å²) >= 11 is 0. The Morgan fingerprint density at radius 3 is 2.85 bits per heavy atom. The number of aromatic nitrogens is 2. The SMILES string of the molecule is CC(CO)Nc1nc(=O)n(C)c2ccc([N+](=O)[O-])cc12. The third-order valence-corrected chi connectivity index (χ3v) is 2.96. The number of anilines is 1. The van der Waals surface area contributed by atoms with E-state index in [1.807, 2.05) is 0 Å². The van der Waals surface area contributed by atoms with Crippen molar-refractivity contribution in [3.63, 3.8) is 0 Å². The molecule has 0 aliphatic rings. The molecule has 0 saturated heterocycles. The summed E-state index contributed by atoms with van der Waals surface area (Å²) in [6.07, 6.45) is 0. The molecule has 0 radical (unpaired) electrons. The second-order valence-electron chi connectivity index (χ2n) is 4.49. The van der Waals surface area contributed by atoms with Crippen molar-refractivity contribution in [3.05, 3.63) is 38.8 Å². The van der Waals surface area contributed by atoms with Crippen molar-refractivity contribution >= 4 is 22.4 Å². The largest absolute Gasteiger partial charge is 0.394 e. The van der Waals surface area contributed by atoms with Crippen LogP contribution in [0.5, 0.6) is 0 Å². The summed E-state index contributed by atoms with van der Waals surface area (Å²) in [5.41, 5.74) is -0.0279. The Hall–Kier alpha value is -2.48. The van der Waals surface area contributed by atoms with E-state index < -0.39 is 10.6 Å². The maximum Gasteiger partial charge on any atom is 0.349 e. The molecule has 0 fully saturated rings. The number of fused-ring (bicyclic) bond motifs is 1. The number of aliphatic hydroxyl groups excluding tert-OH is 1. The van der Waals surface area contributed by atoms with E-state index in [0.717, 1.165) is 0 Å². The van der Waals surface area contributed by atoms with Crippen LogP contribution in [0, 0.1) is 10.1 Å². The smallest absolute Gasteiger partial charge is 0.349 e. The van der Waals surface area contributed by atoms with Crippen LogP contribution in [0.4, 0.5) is 11.5 Å². The average Bonchev–Trinajstić information content (AvgIpc) is 2.43. The zero-order valence-electron chi connectivity index (χ0n) is 11.0. The lowest BCUT2D eigenvalue weighted by atomic mass is 10.2. The number of aliphatic hydroxyl groups is 1. The fourth-order valence-electron chi connectivity index (χ4n) is 1.84. The molecular weight excluding hydrogens is 264 g/mol. The maximum absolute atomic E-state index is 11.8. The molecular formula is C12H14N4O4. The van der Waals surface area contributed by atoms with E-state index in [-0.39, 0.29) is 24.2 Å². The number of nitro benzene ring substituents is 1. The summed E-state index contributed by atoms with van der Waals surface area (Å²) in [7, 11) is 1.54. The molecule has 1 unspecified atom stereocenters. The van der Waals surface area contributed by atoms with Crippen molar-refractivity contribution < 1.29 is 10.0 Å². The van der Waals surface area contributed by atoms with Gasteiger partial charge in [0.1, 0.15) is 5.82 Å². The lowest BCUT2D eigenvalue weighted by Gasteiger charge is -2.14. The van der Waals surface area contributed by atoms with Gasteiger partial charge in [-0.2, -0.15) is 4.98 Å². The van der Waals surface area contributed by atoms with Crippen LogP contribution in [-0.2, 0) is 7.05 Å². The van der Waals surface area contributed by atoms with Crippen molar-refractivity contribution in [2.75, 3.05) is 11.9 Å². The minimum Gasteiger partial charge on any atom is -0.394 e. The van der Waals surface area contributed by atoms with E-state index in [4.69, 9.17) is 5.11 Å². The van der Waals surface area contributed by atoms with Gasteiger partial charge in [0, 0.05) is 30.6 Å². The summed E-state index contributed by atoms with van der Waals surface area (Å²) in [5.74, 6) is 0.230. The van der Waals surface area contributed by atoms with E-state index in [1.54, 1.807) is 14.0 Å². The Balaban J connectivity index is 2.71. The molecule has 8 heteroatoms. The van der Waals surface area contributed by atoms with Crippen LogP contribution in [0.1, 0.15) is 6.92 Å². The predicted octanol–water partition coefficient (Wildman–Crippen LogP) is 0.634. The Kier molecular flexibility index (Phi) is 3.66. The zero-order valence-corrected chi connectivity index (χ0v) is 11.0. The van der Waals surface area contributed by atoms with Gasteiger partial charge in [-0.15, -0.1) is 0 Å². The molecule has 106 valence electrons. The van der Waals surface area contributed by atoms with Gasteiger partial charge in [-0.3, -0.25) is 14.7 Å². The zero-order chi connectivity index (χ0) is 14.9. The topological polar surface area (TPSA) is 110 Å². The van der Waals surface area contributed by atoms with Crippen molar-refractivity contribution in [3.8, 4) is 0 Å². The summed E-state index contributed by atoms with van der Waals surface area (Å²) in [6.45, 7) is 1.57. The molecule has 1 aromatic carbocycles. The Morgan fingerprint density at radius 2 is 2.25 bits per heavy atom. The highest BCUT2D eigenvalue weighted by Crippen LogP contribution is 2.24. The van der Waals surface area contributed by atoms with Crippen LogP contribution in [0.25, 0.3) is 10.9 Å². The quantitative estimate of drug-likeness (QED) is 0.627. The first-order valence-electron chi connectivity index (χ1n) is 5.96. The number of hydrogen-bond donors (Lipinski definition) is 2. The highest BCUT2D eigenvalue weighted by atomic mass is 16.6. The number of benzene rings is 1. The van der Waals surface area contributed by atoms with Gasteiger partial charge >= 0.3 is 5.69 Å². The first kappa shape index (κ1) is 13.9. The fraction of sp³-hybridized carbons (Fsp3) is 0.333. The Bertz CT molecular complexity index is 725.